The fourth-order valence-corrected chi connectivity index (χ4v) is 2.32. The van der Waals surface area contributed by atoms with Crippen molar-refractivity contribution in [2.24, 2.45) is 0 Å². The molecule has 1 aromatic rings. The highest BCUT2D eigenvalue weighted by Crippen LogP contribution is 2.26. The molecule has 0 radical (unpaired) electrons. The van der Waals surface area contributed by atoms with Crippen LogP contribution in [0.5, 0.6) is 5.75 Å². The smallest absolute Gasteiger partial charge is 0.229 e. The summed E-state index contributed by atoms with van der Waals surface area (Å²) in [5.74, 6) is 0.0929. The zero-order valence-electron chi connectivity index (χ0n) is 12.6. The number of ether oxygens (including phenoxy) is 2. The van der Waals surface area contributed by atoms with Crippen LogP contribution in [0.1, 0.15) is 5.56 Å². The molecule has 8 heteroatoms. The van der Waals surface area contributed by atoms with E-state index in [2.05, 4.69) is 5.32 Å². The van der Waals surface area contributed by atoms with E-state index in [1.165, 1.54) is 7.05 Å². The second kappa shape index (κ2) is 7.71. The van der Waals surface area contributed by atoms with Crippen molar-refractivity contribution in [3.8, 4) is 5.75 Å². The van der Waals surface area contributed by atoms with Crippen LogP contribution in [-0.4, -0.2) is 70.7 Å². The Morgan fingerprint density at radius 1 is 1.22 bits per heavy atom. The minimum Gasteiger partial charge on any atom is -0.462 e. The zero-order chi connectivity index (χ0) is 17.0. The second-order valence-electron chi connectivity index (χ2n) is 5.27. The van der Waals surface area contributed by atoms with Crippen molar-refractivity contribution < 1.29 is 34.7 Å². The first kappa shape index (κ1) is 17.6. The highest BCUT2D eigenvalue weighted by molar-refractivity contribution is 5.78. The topological polar surface area (TPSA) is 128 Å². The first-order valence-corrected chi connectivity index (χ1v) is 7.23. The van der Waals surface area contributed by atoms with Gasteiger partial charge in [-0.15, -0.1) is 0 Å². The van der Waals surface area contributed by atoms with Crippen molar-refractivity contribution >= 4 is 5.91 Å². The summed E-state index contributed by atoms with van der Waals surface area (Å²) in [6.45, 7) is -0.537. The molecule has 5 unspecified atom stereocenters. The number of carbonyl (C=O) groups is 1. The van der Waals surface area contributed by atoms with Gasteiger partial charge in [0.1, 0.15) is 30.2 Å². The molecule has 1 saturated heterocycles. The molecule has 0 aromatic heterocycles. The maximum Gasteiger partial charge on any atom is 0.229 e. The number of nitrogens with one attached hydrogen (secondary N) is 1. The van der Waals surface area contributed by atoms with Gasteiger partial charge < -0.3 is 35.2 Å². The van der Waals surface area contributed by atoms with Gasteiger partial charge in [-0.1, -0.05) is 18.2 Å². The third-order valence-electron chi connectivity index (χ3n) is 3.69. The average molecular weight is 327 g/mol. The monoisotopic (exact) mass is 327 g/mol. The quantitative estimate of drug-likeness (QED) is 0.429. The maximum atomic E-state index is 11.5. The van der Waals surface area contributed by atoms with Gasteiger partial charge in [-0.05, 0) is 6.07 Å². The predicted octanol–water partition coefficient (Wildman–Crippen LogP) is -1.85. The van der Waals surface area contributed by atoms with Crippen LogP contribution in [0.15, 0.2) is 24.3 Å². The molecule has 5 N–H and O–H groups in total. The Hall–Kier alpha value is -1.71. The summed E-state index contributed by atoms with van der Waals surface area (Å²) < 4.78 is 10.8. The molecule has 0 bridgehead atoms. The molecular formula is C15H21NO7. The average Bonchev–Trinajstić information content (AvgIpc) is 2.56. The van der Waals surface area contributed by atoms with Gasteiger partial charge in [-0.3, -0.25) is 4.79 Å². The van der Waals surface area contributed by atoms with Crippen LogP contribution in [0.2, 0.25) is 0 Å². The number of aliphatic hydroxyl groups is 4. The molecule has 128 valence electrons. The first-order valence-electron chi connectivity index (χ1n) is 7.23. The molecule has 23 heavy (non-hydrogen) atoms. The summed E-state index contributed by atoms with van der Waals surface area (Å²) in [5.41, 5.74) is 0.573. The van der Waals surface area contributed by atoms with Crippen LogP contribution in [-0.2, 0) is 16.0 Å². The third-order valence-corrected chi connectivity index (χ3v) is 3.69. The fourth-order valence-electron chi connectivity index (χ4n) is 2.32. The molecule has 8 nitrogen and oxygen atoms in total. The van der Waals surface area contributed by atoms with Crippen LogP contribution in [0.3, 0.4) is 0 Å². The van der Waals surface area contributed by atoms with Crippen molar-refractivity contribution in [3.05, 3.63) is 29.8 Å². The molecule has 1 aromatic carbocycles. The number of amides is 1. The van der Waals surface area contributed by atoms with E-state index in [0.717, 1.165) is 0 Å². The first-order chi connectivity index (χ1) is 11.0. The highest BCUT2D eigenvalue weighted by atomic mass is 16.7. The minimum absolute atomic E-state index is 0.0735. The highest BCUT2D eigenvalue weighted by Gasteiger charge is 2.44. The standard InChI is InChI=1S/C15H21NO7/c1-16-11(18)6-8-4-2-3-5-9(8)22-15-14(21)13(20)12(19)10(7-17)23-15/h2-5,10,12-15,17,19-21H,6-7H2,1H3,(H,16,18). The summed E-state index contributed by atoms with van der Waals surface area (Å²) in [5, 5.41) is 41.2. The van der Waals surface area contributed by atoms with Gasteiger partial charge in [0.2, 0.25) is 12.2 Å². The Kier molecular flexibility index (Phi) is 5.91. The number of likely N-dealkylation sites (N-methyl/N-ethyl adjacent to an activating group) is 1. The molecule has 1 heterocycles. The summed E-state index contributed by atoms with van der Waals surface area (Å²) in [6.07, 6.45) is -6.72. The van der Waals surface area contributed by atoms with E-state index < -0.39 is 37.3 Å². The lowest BCUT2D eigenvalue weighted by Gasteiger charge is -2.39. The Labute approximate surface area is 133 Å². The van der Waals surface area contributed by atoms with E-state index in [4.69, 9.17) is 14.6 Å². The second-order valence-corrected chi connectivity index (χ2v) is 5.27. The number of hydrogen-bond acceptors (Lipinski definition) is 7. The number of aliphatic hydroxyl groups excluding tert-OH is 4. The fraction of sp³-hybridized carbons (Fsp3) is 0.533. The summed E-state index contributed by atoms with van der Waals surface area (Å²) in [4.78, 5) is 11.5. The SMILES string of the molecule is CNC(=O)Cc1ccccc1OC1OC(CO)C(O)C(O)C1O. The Bertz CT molecular complexity index is 536. The van der Waals surface area contributed by atoms with Gasteiger partial charge >= 0.3 is 0 Å². The molecule has 1 aliphatic rings. The molecule has 5 atom stereocenters. The van der Waals surface area contributed by atoms with E-state index in [9.17, 15) is 20.1 Å². The van der Waals surface area contributed by atoms with Crippen LogP contribution in [0, 0.1) is 0 Å². The van der Waals surface area contributed by atoms with Crippen molar-refractivity contribution in [1.82, 2.24) is 5.32 Å². The van der Waals surface area contributed by atoms with Crippen LogP contribution < -0.4 is 10.1 Å². The maximum absolute atomic E-state index is 11.5. The minimum atomic E-state index is -1.52. The van der Waals surface area contributed by atoms with E-state index in [1.54, 1.807) is 24.3 Å². The summed E-state index contributed by atoms with van der Waals surface area (Å²) in [7, 11) is 1.52. The Morgan fingerprint density at radius 2 is 1.91 bits per heavy atom. The van der Waals surface area contributed by atoms with Crippen LogP contribution in [0.4, 0.5) is 0 Å². The number of carbonyl (C=O) groups excluding carboxylic acids is 1. The Morgan fingerprint density at radius 3 is 2.57 bits per heavy atom. The van der Waals surface area contributed by atoms with Crippen molar-refractivity contribution in [2.45, 2.75) is 37.1 Å². The Balaban J connectivity index is 2.16. The lowest BCUT2D eigenvalue weighted by atomic mass is 9.99. The van der Waals surface area contributed by atoms with Crippen molar-refractivity contribution in [2.75, 3.05) is 13.7 Å². The number of rotatable bonds is 5. The molecule has 0 spiro atoms. The largest absolute Gasteiger partial charge is 0.462 e. The van der Waals surface area contributed by atoms with E-state index in [1.807, 2.05) is 0 Å². The number of hydrogen-bond donors (Lipinski definition) is 5. The van der Waals surface area contributed by atoms with Gasteiger partial charge in [0, 0.05) is 12.6 Å². The third kappa shape index (κ3) is 3.98. The van der Waals surface area contributed by atoms with Gasteiger partial charge in [-0.25, -0.2) is 0 Å². The van der Waals surface area contributed by atoms with Crippen LogP contribution in [0.25, 0.3) is 0 Å². The van der Waals surface area contributed by atoms with Crippen molar-refractivity contribution in [3.63, 3.8) is 0 Å². The van der Waals surface area contributed by atoms with Gasteiger partial charge in [0.25, 0.3) is 0 Å². The van der Waals surface area contributed by atoms with Crippen LogP contribution >= 0.6 is 0 Å². The van der Waals surface area contributed by atoms with Gasteiger partial charge in [0.05, 0.1) is 13.0 Å². The molecule has 1 amide bonds. The number of para-hydroxylation sites is 1. The molecule has 2 rings (SSSR count). The van der Waals surface area contributed by atoms with E-state index in [0.29, 0.717) is 11.3 Å². The van der Waals surface area contributed by atoms with E-state index in [-0.39, 0.29) is 12.3 Å². The van der Waals surface area contributed by atoms with Gasteiger partial charge in [0.15, 0.2) is 0 Å². The zero-order valence-corrected chi connectivity index (χ0v) is 12.6. The normalized spacial score (nSPS) is 30.7. The summed E-state index contributed by atoms with van der Waals surface area (Å²) >= 11 is 0. The molecular weight excluding hydrogens is 306 g/mol. The molecule has 1 fully saturated rings. The molecule has 0 aliphatic carbocycles. The lowest BCUT2D eigenvalue weighted by Crippen LogP contribution is -2.60. The molecule has 0 saturated carbocycles. The van der Waals surface area contributed by atoms with E-state index >= 15 is 0 Å². The number of benzene rings is 1. The lowest BCUT2D eigenvalue weighted by molar-refractivity contribution is -0.277. The summed E-state index contributed by atoms with van der Waals surface area (Å²) in [6, 6.07) is 6.71. The molecule has 1 aliphatic heterocycles. The van der Waals surface area contributed by atoms with Gasteiger partial charge in [-0.2, -0.15) is 0 Å². The van der Waals surface area contributed by atoms with Crippen molar-refractivity contribution in [1.29, 1.82) is 0 Å². The predicted molar refractivity (Wildman–Crippen MR) is 78.6 cm³/mol.